The first kappa shape index (κ1) is 15.0. The van der Waals surface area contributed by atoms with Gasteiger partial charge in [0.25, 0.3) is 0 Å². The summed E-state index contributed by atoms with van der Waals surface area (Å²) in [5.41, 5.74) is 0.860. The highest BCUT2D eigenvalue weighted by molar-refractivity contribution is 7.09. The number of carbonyl (C=O) groups excluding carboxylic acids is 1. The van der Waals surface area contributed by atoms with Gasteiger partial charge in [-0.05, 0) is 30.0 Å². The third kappa shape index (κ3) is 3.07. The van der Waals surface area contributed by atoms with Gasteiger partial charge in [-0.15, -0.1) is 11.3 Å². The predicted molar refractivity (Wildman–Crippen MR) is 89.5 cm³/mol. The molecule has 1 aliphatic rings. The van der Waals surface area contributed by atoms with E-state index in [0.29, 0.717) is 24.7 Å². The van der Waals surface area contributed by atoms with Crippen molar-refractivity contribution in [1.82, 2.24) is 20.0 Å². The van der Waals surface area contributed by atoms with Crippen LogP contribution in [-0.2, 0) is 11.2 Å². The molecule has 1 fully saturated rings. The Morgan fingerprint density at radius 1 is 1.29 bits per heavy atom. The van der Waals surface area contributed by atoms with Crippen LogP contribution in [0.3, 0.4) is 0 Å². The molecular weight excluding hydrogens is 324 g/mol. The highest BCUT2D eigenvalue weighted by Gasteiger charge is 2.34. The van der Waals surface area contributed by atoms with Crippen LogP contribution in [0.2, 0.25) is 0 Å². The molecule has 0 radical (unpaired) electrons. The van der Waals surface area contributed by atoms with E-state index in [2.05, 4.69) is 26.6 Å². The molecule has 1 unspecified atom stereocenters. The molecule has 1 atom stereocenters. The van der Waals surface area contributed by atoms with Crippen LogP contribution in [0.15, 0.2) is 46.6 Å². The standard InChI is InChI=1S/C17H16N4O2S/c22-15-10-13(11-21(15)8-5-14-2-1-9-24-14)17-19-16(20-23-17)12-3-6-18-7-4-12/h1-4,6-7,9,13H,5,8,10-11H2. The average Bonchev–Trinajstić information content (AvgIpc) is 3.35. The molecule has 6 nitrogen and oxygen atoms in total. The van der Waals surface area contributed by atoms with Crippen LogP contribution in [0.5, 0.6) is 0 Å². The molecule has 1 aliphatic heterocycles. The van der Waals surface area contributed by atoms with Gasteiger partial charge in [-0.25, -0.2) is 0 Å². The second-order valence-electron chi connectivity index (χ2n) is 5.76. The topological polar surface area (TPSA) is 72.1 Å². The summed E-state index contributed by atoms with van der Waals surface area (Å²) in [7, 11) is 0. The van der Waals surface area contributed by atoms with Crippen molar-refractivity contribution in [2.45, 2.75) is 18.8 Å². The van der Waals surface area contributed by atoms with Crippen molar-refractivity contribution >= 4 is 17.2 Å². The van der Waals surface area contributed by atoms with Crippen LogP contribution in [-0.4, -0.2) is 39.0 Å². The molecule has 0 N–H and O–H groups in total. The predicted octanol–water partition coefficient (Wildman–Crippen LogP) is 2.75. The molecule has 7 heteroatoms. The van der Waals surface area contributed by atoms with Gasteiger partial charge in [-0.3, -0.25) is 9.78 Å². The third-order valence-electron chi connectivity index (χ3n) is 4.15. The summed E-state index contributed by atoms with van der Waals surface area (Å²) in [5.74, 6) is 1.20. The second-order valence-corrected chi connectivity index (χ2v) is 6.79. The Hall–Kier alpha value is -2.54. The SMILES string of the molecule is O=C1CC(c2nc(-c3ccncc3)no2)CN1CCc1cccs1. The van der Waals surface area contributed by atoms with Gasteiger partial charge in [0.05, 0.1) is 5.92 Å². The van der Waals surface area contributed by atoms with Gasteiger partial charge >= 0.3 is 0 Å². The zero-order valence-corrected chi connectivity index (χ0v) is 13.8. The van der Waals surface area contributed by atoms with E-state index in [-0.39, 0.29) is 11.8 Å². The van der Waals surface area contributed by atoms with Crippen molar-refractivity contribution < 1.29 is 9.32 Å². The first-order chi connectivity index (χ1) is 11.8. The minimum absolute atomic E-state index is 0.0241. The number of amides is 1. The number of rotatable bonds is 5. The Kier molecular flexibility index (Phi) is 4.08. The molecule has 0 aliphatic carbocycles. The van der Waals surface area contributed by atoms with Crippen molar-refractivity contribution in [3.63, 3.8) is 0 Å². The van der Waals surface area contributed by atoms with E-state index < -0.39 is 0 Å². The van der Waals surface area contributed by atoms with Gasteiger partial charge in [-0.2, -0.15) is 4.98 Å². The fourth-order valence-electron chi connectivity index (χ4n) is 2.87. The second kappa shape index (κ2) is 6.52. The molecule has 4 rings (SSSR count). The van der Waals surface area contributed by atoms with Crippen LogP contribution in [0.1, 0.15) is 23.1 Å². The van der Waals surface area contributed by atoms with Gasteiger partial charge in [0, 0.05) is 42.3 Å². The molecule has 0 saturated carbocycles. The van der Waals surface area contributed by atoms with E-state index in [1.807, 2.05) is 23.1 Å². The Morgan fingerprint density at radius 3 is 2.96 bits per heavy atom. The molecular formula is C17H16N4O2S. The highest BCUT2D eigenvalue weighted by Crippen LogP contribution is 2.28. The molecule has 24 heavy (non-hydrogen) atoms. The van der Waals surface area contributed by atoms with Crippen LogP contribution in [0, 0.1) is 0 Å². The zero-order chi connectivity index (χ0) is 16.4. The number of hydrogen-bond donors (Lipinski definition) is 0. The van der Waals surface area contributed by atoms with Crippen molar-refractivity contribution in [3.05, 3.63) is 52.8 Å². The maximum Gasteiger partial charge on any atom is 0.232 e. The van der Waals surface area contributed by atoms with Crippen molar-refractivity contribution in [2.24, 2.45) is 0 Å². The lowest BCUT2D eigenvalue weighted by molar-refractivity contribution is -0.127. The van der Waals surface area contributed by atoms with E-state index >= 15 is 0 Å². The lowest BCUT2D eigenvalue weighted by Crippen LogP contribution is -2.27. The monoisotopic (exact) mass is 340 g/mol. The summed E-state index contributed by atoms with van der Waals surface area (Å²) in [6.45, 7) is 1.38. The van der Waals surface area contributed by atoms with E-state index in [0.717, 1.165) is 18.5 Å². The fourth-order valence-corrected chi connectivity index (χ4v) is 3.57. The summed E-state index contributed by atoms with van der Waals surface area (Å²) in [5, 5.41) is 6.08. The van der Waals surface area contributed by atoms with E-state index in [9.17, 15) is 4.79 Å². The van der Waals surface area contributed by atoms with Crippen molar-refractivity contribution in [2.75, 3.05) is 13.1 Å². The number of pyridine rings is 1. The lowest BCUT2D eigenvalue weighted by Gasteiger charge is -2.15. The Morgan fingerprint density at radius 2 is 2.17 bits per heavy atom. The Balaban J connectivity index is 1.42. The number of carbonyl (C=O) groups is 1. The molecule has 1 amide bonds. The largest absolute Gasteiger partial charge is 0.342 e. The highest BCUT2D eigenvalue weighted by atomic mass is 32.1. The summed E-state index contributed by atoms with van der Waals surface area (Å²) >= 11 is 1.72. The first-order valence-electron chi connectivity index (χ1n) is 7.84. The summed E-state index contributed by atoms with van der Waals surface area (Å²) in [6, 6.07) is 7.80. The third-order valence-corrected chi connectivity index (χ3v) is 5.09. The smallest absolute Gasteiger partial charge is 0.232 e. The Labute approximate surface area is 143 Å². The number of nitrogens with zero attached hydrogens (tertiary/aromatic N) is 4. The lowest BCUT2D eigenvalue weighted by atomic mass is 10.1. The molecule has 1 saturated heterocycles. The van der Waals surface area contributed by atoms with E-state index in [4.69, 9.17) is 4.52 Å². The average molecular weight is 340 g/mol. The molecule has 0 bridgehead atoms. The molecule has 3 aromatic heterocycles. The number of likely N-dealkylation sites (tertiary alicyclic amines) is 1. The van der Waals surface area contributed by atoms with Crippen LogP contribution in [0.4, 0.5) is 0 Å². The molecule has 122 valence electrons. The fraction of sp³-hybridized carbons (Fsp3) is 0.294. The van der Waals surface area contributed by atoms with Crippen LogP contribution < -0.4 is 0 Å². The van der Waals surface area contributed by atoms with Gasteiger partial charge in [0.2, 0.25) is 17.6 Å². The summed E-state index contributed by atoms with van der Waals surface area (Å²) in [4.78, 5) is 23.8. The van der Waals surface area contributed by atoms with E-state index in [1.54, 1.807) is 23.7 Å². The number of thiophene rings is 1. The van der Waals surface area contributed by atoms with Crippen LogP contribution >= 0.6 is 11.3 Å². The van der Waals surface area contributed by atoms with Crippen molar-refractivity contribution in [3.8, 4) is 11.4 Å². The van der Waals surface area contributed by atoms with E-state index in [1.165, 1.54) is 4.88 Å². The minimum Gasteiger partial charge on any atom is -0.342 e. The molecule has 4 heterocycles. The maximum absolute atomic E-state index is 12.2. The zero-order valence-electron chi connectivity index (χ0n) is 13.0. The molecule has 3 aromatic rings. The van der Waals surface area contributed by atoms with Gasteiger partial charge in [0.1, 0.15) is 0 Å². The quantitative estimate of drug-likeness (QED) is 0.714. The first-order valence-corrected chi connectivity index (χ1v) is 8.72. The van der Waals surface area contributed by atoms with Crippen molar-refractivity contribution in [1.29, 1.82) is 0 Å². The molecule has 0 spiro atoms. The summed E-state index contributed by atoms with van der Waals surface area (Å²) < 4.78 is 5.39. The van der Waals surface area contributed by atoms with Gasteiger partial charge in [-0.1, -0.05) is 11.2 Å². The number of hydrogen-bond acceptors (Lipinski definition) is 6. The minimum atomic E-state index is -0.0241. The van der Waals surface area contributed by atoms with Crippen LogP contribution in [0.25, 0.3) is 11.4 Å². The normalized spacial score (nSPS) is 17.6. The Bertz CT molecular complexity index is 816. The molecule has 0 aromatic carbocycles. The number of aromatic nitrogens is 3. The van der Waals surface area contributed by atoms with Gasteiger partial charge in [0.15, 0.2) is 0 Å². The van der Waals surface area contributed by atoms with Gasteiger partial charge < -0.3 is 9.42 Å². The maximum atomic E-state index is 12.2. The summed E-state index contributed by atoms with van der Waals surface area (Å²) in [6.07, 6.45) is 4.71.